The molecule has 4 heteroatoms. The van der Waals surface area contributed by atoms with E-state index in [0.717, 1.165) is 45.1 Å². The van der Waals surface area contributed by atoms with Crippen LogP contribution in [0.1, 0.15) is 44.9 Å². The molecule has 0 amide bonds. The molecule has 0 N–H and O–H groups in total. The van der Waals surface area contributed by atoms with Crippen LogP contribution in [0.5, 0.6) is 0 Å². The number of carbonyl (C=O) groups excluding carboxylic acids is 2. The second-order valence-corrected chi connectivity index (χ2v) is 5.43. The molecule has 1 saturated carbocycles. The Balaban J connectivity index is 2.02. The summed E-state index contributed by atoms with van der Waals surface area (Å²) in [6.07, 6.45) is 7.26. The number of methoxy groups -OCH3 is 1. The summed E-state index contributed by atoms with van der Waals surface area (Å²) in [5, 5.41) is 0. The number of piperidine rings is 1. The van der Waals surface area contributed by atoms with Gasteiger partial charge in [0.05, 0.1) is 13.7 Å². The van der Waals surface area contributed by atoms with Gasteiger partial charge in [-0.1, -0.05) is 12.8 Å². The quantitative estimate of drug-likeness (QED) is 0.719. The third-order valence-electron chi connectivity index (χ3n) is 4.29. The number of hydrogen-bond donors (Lipinski definition) is 0. The van der Waals surface area contributed by atoms with Crippen molar-refractivity contribution in [2.45, 2.75) is 51.0 Å². The Kier molecular flexibility index (Phi) is 4.75. The standard InChI is InChI=1S/C14H23NO3/c1-18-14(17)10-15-9-5-4-7-12(15)11-6-2-3-8-13(11)16/h11-12H,2-10H2,1H3. The van der Waals surface area contributed by atoms with Crippen LogP contribution < -0.4 is 0 Å². The lowest BCUT2D eigenvalue weighted by Crippen LogP contribution is -2.49. The Morgan fingerprint density at radius 3 is 2.78 bits per heavy atom. The maximum atomic E-state index is 12.1. The largest absolute Gasteiger partial charge is 0.468 e. The zero-order valence-corrected chi connectivity index (χ0v) is 11.2. The van der Waals surface area contributed by atoms with E-state index in [0.29, 0.717) is 12.3 Å². The fourth-order valence-corrected chi connectivity index (χ4v) is 3.32. The van der Waals surface area contributed by atoms with Crippen LogP contribution >= 0.6 is 0 Å². The Labute approximate surface area is 109 Å². The summed E-state index contributed by atoms with van der Waals surface area (Å²) < 4.78 is 4.75. The molecule has 0 aromatic heterocycles. The summed E-state index contributed by atoms with van der Waals surface area (Å²) in [4.78, 5) is 25.7. The maximum Gasteiger partial charge on any atom is 0.319 e. The molecule has 1 heterocycles. The van der Waals surface area contributed by atoms with Crippen LogP contribution in [0.25, 0.3) is 0 Å². The molecular formula is C14H23NO3. The van der Waals surface area contributed by atoms with Crippen molar-refractivity contribution in [1.29, 1.82) is 0 Å². The summed E-state index contributed by atoms with van der Waals surface area (Å²) in [6.45, 7) is 1.26. The molecule has 4 nitrogen and oxygen atoms in total. The number of carbonyl (C=O) groups is 2. The van der Waals surface area contributed by atoms with Crippen molar-refractivity contribution in [2.75, 3.05) is 20.2 Å². The third-order valence-corrected chi connectivity index (χ3v) is 4.29. The van der Waals surface area contributed by atoms with Crippen molar-refractivity contribution in [3.8, 4) is 0 Å². The van der Waals surface area contributed by atoms with Crippen molar-refractivity contribution < 1.29 is 14.3 Å². The van der Waals surface area contributed by atoms with Gasteiger partial charge < -0.3 is 4.74 Å². The lowest BCUT2D eigenvalue weighted by Gasteiger charge is -2.40. The van der Waals surface area contributed by atoms with E-state index in [1.807, 2.05) is 0 Å². The predicted molar refractivity (Wildman–Crippen MR) is 68.2 cm³/mol. The van der Waals surface area contributed by atoms with Gasteiger partial charge in [-0.15, -0.1) is 0 Å². The highest BCUT2D eigenvalue weighted by molar-refractivity contribution is 5.82. The van der Waals surface area contributed by atoms with Gasteiger partial charge in [0.2, 0.25) is 0 Å². The maximum absolute atomic E-state index is 12.1. The van der Waals surface area contributed by atoms with Crippen molar-refractivity contribution >= 4 is 11.8 Å². The van der Waals surface area contributed by atoms with Crippen molar-refractivity contribution in [1.82, 2.24) is 4.90 Å². The molecule has 2 atom stereocenters. The van der Waals surface area contributed by atoms with Gasteiger partial charge in [0.15, 0.2) is 0 Å². The average molecular weight is 253 g/mol. The van der Waals surface area contributed by atoms with Gasteiger partial charge in [-0.3, -0.25) is 14.5 Å². The Hall–Kier alpha value is -0.900. The first-order chi connectivity index (χ1) is 8.72. The highest BCUT2D eigenvalue weighted by Crippen LogP contribution is 2.31. The second kappa shape index (κ2) is 6.32. The molecule has 0 aromatic carbocycles. The molecule has 102 valence electrons. The van der Waals surface area contributed by atoms with Crippen LogP contribution in [-0.4, -0.2) is 42.9 Å². The monoisotopic (exact) mass is 253 g/mol. The Morgan fingerprint density at radius 2 is 2.06 bits per heavy atom. The molecular weight excluding hydrogens is 230 g/mol. The number of likely N-dealkylation sites (tertiary alicyclic amines) is 1. The molecule has 2 aliphatic rings. The van der Waals surface area contributed by atoms with E-state index in [2.05, 4.69) is 4.90 Å². The molecule has 2 rings (SSSR count). The van der Waals surface area contributed by atoms with E-state index < -0.39 is 0 Å². The zero-order chi connectivity index (χ0) is 13.0. The Bertz CT molecular complexity index is 316. The summed E-state index contributed by atoms with van der Waals surface area (Å²) in [6, 6.07) is 0.269. The number of ether oxygens (including phenoxy) is 1. The lowest BCUT2D eigenvalue weighted by atomic mass is 9.79. The van der Waals surface area contributed by atoms with E-state index in [1.54, 1.807) is 0 Å². The molecule has 2 unspecified atom stereocenters. The smallest absolute Gasteiger partial charge is 0.319 e. The number of ketones is 1. The van der Waals surface area contributed by atoms with E-state index >= 15 is 0 Å². The molecule has 0 spiro atoms. The van der Waals surface area contributed by atoms with E-state index in [4.69, 9.17) is 4.74 Å². The zero-order valence-electron chi connectivity index (χ0n) is 11.2. The molecule has 1 aliphatic carbocycles. The number of Topliss-reactive ketones (excluding diaryl/α,β-unsaturated/α-hetero) is 1. The minimum atomic E-state index is -0.190. The van der Waals surface area contributed by atoms with Gasteiger partial charge in [0.25, 0.3) is 0 Å². The third kappa shape index (κ3) is 3.10. The molecule has 1 saturated heterocycles. The number of hydrogen-bond acceptors (Lipinski definition) is 4. The molecule has 0 radical (unpaired) electrons. The van der Waals surface area contributed by atoms with E-state index in [-0.39, 0.29) is 17.9 Å². The van der Waals surface area contributed by atoms with Gasteiger partial charge in [-0.05, 0) is 32.2 Å². The lowest BCUT2D eigenvalue weighted by molar-refractivity contribution is -0.144. The van der Waals surface area contributed by atoms with Gasteiger partial charge in [0.1, 0.15) is 5.78 Å². The second-order valence-electron chi connectivity index (χ2n) is 5.43. The summed E-state index contributed by atoms with van der Waals surface area (Å²) in [5.41, 5.74) is 0. The van der Waals surface area contributed by atoms with Gasteiger partial charge in [-0.25, -0.2) is 0 Å². The van der Waals surface area contributed by atoms with Gasteiger partial charge >= 0.3 is 5.97 Å². The topological polar surface area (TPSA) is 46.6 Å². The summed E-state index contributed by atoms with van der Waals surface area (Å²) in [5.74, 6) is 0.372. The first kappa shape index (κ1) is 13.5. The first-order valence-electron chi connectivity index (χ1n) is 7.06. The van der Waals surface area contributed by atoms with Gasteiger partial charge in [-0.2, -0.15) is 0 Å². The fourth-order valence-electron chi connectivity index (χ4n) is 3.32. The molecule has 2 fully saturated rings. The fraction of sp³-hybridized carbons (Fsp3) is 0.857. The predicted octanol–water partition coefficient (Wildman–Crippen LogP) is 1.77. The summed E-state index contributed by atoms with van der Waals surface area (Å²) in [7, 11) is 1.42. The van der Waals surface area contributed by atoms with E-state index in [1.165, 1.54) is 13.5 Å². The SMILES string of the molecule is COC(=O)CN1CCCCC1C1CCCCC1=O. The van der Waals surface area contributed by atoms with E-state index in [9.17, 15) is 9.59 Å². The highest BCUT2D eigenvalue weighted by Gasteiger charge is 2.36. The Morgan fingerprint density at radius 1 is 1.28 bits per heavy atom. The van der Waals surface area contributed by atoms with Gasteiger partial charge in [0, 0.05) is 18.4 Å². The molecule has 0 bridgehead atoms. The van der Waals surface area contributed by atoms with Crippen LogP contribution in [-0.2, 0) is 14.3 Å². The number of rotatable bonds is 3. The van der Waals surface area contributed by atoms with Crippen molar-refractivity contribution in [3.05, 3.63) is 0 Å². The summed E-state index contributed by atoms with van der Waals surface area (Å²) >= 11 is 0. The highest BCUT2D eigenvalue weighted by atomic mass is 16.5. The van der Waals surface area contributed by atoms with Crippen LogP contribution in [0.3, 0.4) is 0 Å². The van der Waals surface area contributed by atoms with Crippen LogP contribution in [0.2, 0.25) is 0 Å². The normalized spacial score (nSPS) is 30.2. The minimum Gasteiger partial charge on any atom is -0.468 e. The molecule has 1 aliphatic heterocycles. The van der Waals surface area contributed by atoms with Crippen LogP contribution in [0, 0.1) is 5.92 Å². The first-order valence-corrected chi connectivity index (χ1v) is 7.06. The minimum absolute atomic E-state index is 0.156. The number of esters is 1. The molecule has 0 aromatic rings. The average Bonchev–Trinajstić information content (AvgIpc) is 2.40. The van der Waals surface area contributed by atoms with Crippen molar-refractivity contribution in [3.63, 3.8) is 0 Å². The van der Waals surface area contributed by atoms with Crippen LogP contribution in [0.15, 0.2) is 0 Å². The van der Waals surface area contributed by atoms with Crippen LogP contribution in [0.4, 0.5) is 0 Å². The molecule has 18 heavy (non-hydrogen) atoms. The number of nitrogens with zero attached hydrogens (tertiary/aromatic N) is 1. The van der Waals surface area contributed by atoms with Crippen molar-refractivity contribution in [2.24, 2.45) is 5.92 Å².